The number of hydrogen-bond acceptors (Lipinski definition) is 3. The van der Waals surface area contributed by atoms with Gasteiger partial charge in [-0.05, 0) is 62.3 Å². The molecular weight excluding hydrogens is 328 g/mol. The summed E-state index contributed by atoms with van der Waals surface area (Å²) in [6.07, 6.45) is 3.98. The van der Waals surface area contributed by atoms with Crippen LogP contribution in [0.25, 0.3) is 0 Å². The van der Waals surface area contributed by atoms with Crippen LogP contribution in [0.1, 0.15) is 36.8 Å². The number of anilines is 1. The number of hydrogen-bond donors (Lipinski definition) is 0. The topological polar surface area (TPSA) is 49.9 Å². The van der Waals surface area contributed by atoms with Gasteiger partial charge in [0.2, 0.25) is 11.8 Å². The third-order valence-electron chi connectivity index (χ3n) is 6.00. The van der Waals surface area contributed by atoms with Gasteiger partial charge in [-0.15, -0.1) is 0 Å². The summed E-state index contributed by atoms with van der Waals surface area (Å²) in [5, 5.41) is 0. The van der Waals surface area contributed by atoms with Gasteiger partial charge >= 0.3 is 0 Å². The molecule has 0 radical (unpaired) electrons. The summed E-state index contributed by atoms with van der Waals surface area (Å²) >= 11 is 0. The summed E-state index contributed by atoms with van der Waals surface area (Å²) in [5.41, 5.74) is 3.28. The van der Waals surface area contributed by atoms with E-state index in [2.05, 4.69) is 6.92 Å². The molecule has 5 heteroatoms. The van der Waals surface area contributed by atoms with Crippen LogP contribution in [0.15, 0.2) is 18.2 Å². The molecule has 0 aromatic heterocycles. The van der Waals surface area contributed by atoms with Crippen molar-refractivity contribution in [1.82, 2.24) is 4.90 Å². The van der Waals surface area contributed by atoms with Gasteiger partial charge < -0.3 is 14.5 Å². The van der Waals surface area contributed by atoms with E-state index in [1.54, 1.807) is 4.90 Å². The van der Waals surface area contributed by atoms with E-state index >= 15 is 0 Å². The van der Waals surface area contributed by atoms with Crippen LogP contribution >= 0.6 is 0 Å². The fourth-order valence-electron chi connectivity index (χ4n) is 3.90. The SMILES string of the molecule is Cc1ccc(N2C[C@@H](C(=O)N3CC[C@@H](OCC4CC4)C3)CC2=O)cc1C. The number of carbonyl (C=O) groups excluding carboxylic acids is 2. The van der Waals surface area contributed by atoms with Crippen LogP contribution in [0, 0.1) is 25.7 Å². The first-order valence-corrected chi connectivity index (χ1v) is 9.79. The summed E-state index contributed by atoms with van der Waals surface area (Å²) in [6.45, 7) is 6.88. The second kappa shape index (κ2) is 7.03. The lowest BCUT2D eigenvalue weighted by Crippen LogP contribution is -2.36. The Morgan fingerprint density at radius 2 is 1.96 bits per heavy atom. The molecular formula is C21H28N2O3. The molecule has 1 saturated carbocycles. The van der Waals surface area contributed by atoms with Crippen LogP contribution in [0.5, 0.6) is 0 Å². The predicted octanol–water partition coefficient (Wildman–Crippen LogP) is 2.68. The third kappa shape index (κ3) is 3.63. The van der Waals surface area contributed by atoms with Crippen molar-refractivity contribution in [2.24, 2.45) is 11.8 Å². The highest BCUT2D eigenvalue weighted by Crippen LogP contribution is 2.31. The van der Waals surface area contributed by atoms with E-state index in [0.717, 1.165) is 31.2 Å². The minimum absolute atomic E-state index is 0.0485. The van der Waals surface area contributed by atoms with Crippen LogP contribution in [0.2, 0.25) is 0 Å². The molecule has 3 aliphatic rings. The zero-order valence-electron chi connectivity index (χ0n) is 15.7. The molecule has 140 valence electrons. The summed E-state index contributed by atoms with van der Waals surface area (Å²) in [4.78, 5) is 29.0. The number of rotatable bonds is 5. The van der Waals surface area contributed by atoms with Crippen molar-refractivity contribution in [1.29, 1.82) is 0 Å². The van der Waals surface area contributed by atoms with Gasteiger partial charge in [0, 0.05) is 38.3 Å². The molecule has 0 bridgehead atoms. The van der Waals surface area contributed by atoms with Gasteiger partial charge in [-0.3, -0.25) is 9.59 Å². The van der Waals surface area contributed by atoms with Crippen molar-refractivity contribution in [3.05, 3.63) is 29.3 Å². The molecule has 0 unspecified atom stereocenters. The van der Waals surface area contributed by atoms with Crippen molar-refractivity contribution in [3.8, 4) is 0 Å². The summed E-state index contributed by atoms with van der Waals surface area (Å²) in [5.74, 6) is 0.680. The molecule has 1 aromatic rings. The number of likely N-dealkylation sites (tertiary alicyclic amines) is 1. The molecule has 0 spiro atoms. The lowest BCUT2D eigenvalue weighted by molar-refractivity contribution is -0.135. The zero-order valence-corrected chi connectivity index (χ0v) is 15.7. The number of nitrogens with zero attached hydrogens (tertiary/aromatic N) is 2. The van der Waals surface area contributed by atoms with E-state index in [1.807, 2.05) is 30.0 Å². The molecule has 2 heterocycles. The number of carbonyl (C=O) groups is 2. The second-order valence-corrected chi connectivity index (χ2v) is 8.15. The summed E-state index contributed by atoms with van der Waals surface area (Å²) in [7, 11) is 0. The van der Waals surface area contributed by atoms with Crippen LogP contribution in [-0.4, -0.2) is 49.1 Å². The molecule has 1 aromatic carbocycles. The first kappa shape index (κ1) is 17.5. The highest BCUT2D eigenvalue weighted by molar-refractivity contribution is 6.00. The predicted molar refractivity (Wildman–Crippen MR) is 100 cm³/mol. The molecule has 4 rings (SSSR count). The first-order valence-electron chi connectivity index (χ1n) is 9.79. The van der Waals surface area contributed by atoms with E-state index in [0.29, 0.717) is 19.5 Å². The lowest BCUT2D eigenvalue weighted by atomic mass is 10.1. The normalized spacial score (nSPS) is 26.0. The molecule has 26 heavy (non-hydrogen) atoms. The molecule has 0 N–H and O–H groups in total. The summed E-state index contributed by atoms with van der Waals surface area (Å²) < 4.78 is 5.93. The summed E-state index contributed by atoms with van der Waals surface area (Å²) in [6, 6.07) is 6.05. The van der Waals surface area contributed by atoms with Crippen molar-refractivity contribution in [2.75, 3.05) is 31.1 Å². The van der Waals surface area contributed by atoms with Gasteiger partial charge in [0.25, 0.3) is 0 Å². The Hall–Kier alpha value is -1.88. The van der Waals surface area contributed by atoms with Gasteiger partial charge in [-0.1, -0.05) is 6.07 Å². The Morgan fingerprint density at radius 3 is 2.69 bits per heavy atom. The monoisotopic (exact) mass is 356 g/mol. The van der Waals surface area contributed by atoms with E-state index < -0.39 is 0 Å². The highest BCUT2D eigenvalue weighted by atomic mass is 16.5. The quantitative estimate of drug-likeness (QED) is 0.815. The number of benzene rings is 1. The van der Waals surface area contributed by atoms with Crippen LogP contribution < -0.4 is 4.90 Å². The van der Waals surface area contributed by atoms with Crippen LogP contribution in [-0.2, 0) is 14.3 Å². The Labute approximate surface area is 155 Å². The van der Waals surface area contributed by atoms with Crippen molar-refractivity contribution < 1.29 is 14.3 Å². The first-order chi connectivity index (χ1) is 12.5. The maximum atomic E-state index is 12.9. The number of ether oxygens (including phenoxy) is 1. The zero-order chi connectivity index (χ0) is 18.3. The average molecular weight is 356 g/mol. The second-order valence-electron chi connectivity index (χ2n) is 8.15. The smallest absolute Gasteiger partial charge is 0.228 e. The van der Waals surface area contributed by atoms with Gasteiger partial charge in [0.1, 0.15) is 0 Å². The van der Waals surface area contributed by atoms with Gasteiger partial charge in [-0.2, -0.15) is 0 Å². The standard InChI is InChI=1S/C21H28N2O3/c1-14-3-6-18(9-15(14)2)23-11-17(10-20(23)24)21(25)22-8-7-19(12-22)26-13-16-4-5-16/h3,6,9,16-17,19H,4-5,7-8,10-13H2,1-2H3/t17-,19+/m0/s1. The van der Waals surface area contributed by atoms with Crippen molar-refractivity contribution >= 4 is 17.5 Å². The minimum Gasteiger partial charge on any atom is -0.376 e. The van der Waals surface area contributed by atoms with Crippen LogP contribution in [0.4, 0.5) is 5.69 Å². The molecule has 1 aliphatic carbocycles. The van der Waals surface area contributed by atoms with Crippen molar-refractivity contribution in [3.63, 3.8) is 0 Å². The largest absolute Gasteiger partial charge is 0.376 e. The average Bonchev–Trinajstić information content (AvgIpc) is 3.19. The Bertz CT molecular complexity index is 713. The Kier molecular flexibility index (Phi) is 4.74. The number of aryl methyl sites for hydroxylation is 2. The van der Waals surface area contributed by atoms with E-state index in [9.17, 15) is 9.59 Å². The van der Waals surface area contributed by atoms with Crippen molar-refractivity contribution in [2.45, 2.75) is 45.6 Å². The fraction of sp³-hybridized carbons (Fsp3) is 0.619. The fourth-order valence-corrected chi connectivity index (χ4v) is 3.90. The van der Waals surface area contributed by atoms with E-state index in [-0.39, 0.29) is 23.8 Å². The van der Waals surface area contributed by atoms with Gasteiger partial charge in [0.15, 0.2) is 0 Å². The molecule has 3 fully saturated rings. The van der Waals surface area contributed by atoms with Gasteiger partial charge in [-0.25, -0.2) is 0 Å². The molecule has 2 amide bonds. The molecule has 2 saturated heterocycles. The maximum absolute atomic E-state index is 12.9. The molecule has 2 atom stereocenters. The lowest BCUT2D eigenvalue weighted by Gasteiger charge is -2.21. The highest BCUT2D eigenvalue weighted by Gasteiger charge is 2.39. The van der Waals surface area contributed by atoms with E-state index in [4.69, 9.17) is 4.74 Å². The maximum Gasteiger partial charge on any atom is 0.228 e. The Balaban J connectivity index is 1.35. The third-order valence-corrected chi connectivity index (χ3v) is 6.00. The molecule has 2 aliphatic heterocycles. The minimum atomic E-state index is -0.230. The number of amides is 2. The van der Waals surface area contributed by atoms with Crippen LogP contribution in [0.3, 0.4) is 0 Å². The van der Waals surface area contributed by atoms with E-state index in [1.165, 1.54) is 24.0 Å². The Morgan fingerprint density at radius 1 is 1.15 bits per heavy atom. The van der Waals surface area contributed by atoms with Gasteiger partial charge in [0.05, 0.1) is 12.0 Å². The molecule has 5 nitrogen and oxygen atoms in total.